The first-order valence-electron chi connectivity index (χ1n) is 6.18. The maximum atomic E-state index is 12.5. The molecule has 22 heavy (non-hydrogen) atoms. The van der Waals surface area contributed by atoms with Crippen LogP contribution >= 0.6 is 11.8 Å². The van der Waals surface area contributed by atoms with Crippen LogP contribution in [0, 0.1) is 0 Å². The smallest absolute Gasteiger partial charge is 0.416 e. The summed E-state index contributed by atoms with van der Waals surface area (Å²) in [7, 11) is 2.92. The largest absolute Gasteiger partial charge is 0.477 e. The number of nitrogens with zero attached hydrogens (tertiary/aromatic N) is 2. The fourth-order valence-corrected chi connectivity index (χ4v) is 2.42. The first kappa shape index (κ1) is 16.4. The average Bonchev–Trinajstić information content (AvgIpc) is 2.52. The van der Waals surface area contributed by atoms with Crippen molar-refractivity contribution < 1.29 is 22.6 Å². The SMILES string of the molecule is COc1ncc(CSc2ccc(C(F)(F)F)cc2)nc1OC. The van der Waals surface area contributed by atoms with Gasteiger partial charge in [0.2, 0.25) is 0 Å². The lowest BCUT2D eigenvalue weighted by molar-refractivity contribution is -0.137. The third-order valence-corrected chi connectivity index (χ3v) is 3.76. The number of benzene rings is 1. The van der Waals surface area contributed by atoms with Crippen molar-refractivity contribution >= 4 is 11.8 Å². The van der Waals surface area contributed by atoms with E-state index in [9.17, 15) is 13.2 Å². The predicted molar refractivity (Wildman–Crippen MR) is 76.1 cm³/mol. The summed E-state index contributed by atoms with van der Waals surface area (Å²) in [6.45, 7) is 0. The third kappa shape index (κ3) is 4.03. The Morgan fingerprint density at radius 1 is 1.05 bits per heavy atom. The summed E-state index contributed by atoms with van der Waals surface area (Å²) >= 11 is 1.36. The van der Waals surface area contributed by atoms with Crippen LogP contribution in [0.15, 0.2) is 35.4 Å². The number of thioether (sulfide) groups is 1. The third-order valence-electron chi connectivity index (χ3n) is 2.71. The summed E-state index contributed by atoms with van der Waals surface area (Å²) in [5.74, 6) is 1.01. The van der Waals surface area contributed by atoms with E-state index in [2.05, 4.69) is 9.97 Å². The molecular weight excluding hydrogens is 317 g/mol. The van der Waals surface area contributed by atoms with Crippen molar-refractivity contribution in [2.24, 2.45) is 0 Å². The minimum Gasteiger partial charge on any atom is -0.477 e. The number of hydrogen-bond donors (Lipinski definition) is 0. The van der Waals surface area contributed by atoms with Crippen LogP contribution in [0.3, 0.4) is 0 Å². The predicted octanol–water partition coefficient (Wildman–Crippen LogP) is 3.80. The Kier molecular flexibility index (Phi) is 5.12. The second kappa shape index (κ2) is 6.87. The Labute approximate surface area is 129 Å². The van der Waals surface area contributed by atoms with Crippen LogP contribution in [-0.2, 0) is 11.9 Å². The normalized spacial score (nSPS) is 11.3. The van der Waals surface area contributed by atoms with Gasteiger partial charge in [-0.05, 0) is 24.3 Å². The molecule has 1 aromatic carbocycles. The van der Waals surface area contributed by atoms with E-state index in [4.69, 9.17) is 9.47 Å². The van der Waals surface area contributed by atoms with E-state index in [0.717, 1.165) is 12.1 Å². The highest BCUT2D eigenvalue weighted by Crippen LogP contribution is 2.31. The molecule has 0 saturated carbocycles. The zero-order valence-corrected chi connectivity index (χ0v) is 12.7. The average molecular weight is 330 g/mol. The van der Waals surface area contributed by atoms with Crippen molar-refractivity contribution in [3.05, 3.63) is 41.7 Å². The van der Waals surface area contributed by atoms with E-state index in [1.807, 2.05) is 0 Å². The van der Waals surface area contributed by atoms with Gasteiger partial charge in [-0.15, -0.1) is 11.8 Å². The van der Waals surface area contributed by atoms with E-state index in [1.54, 1.807) is 6.20 Å². The van der Waals surface area contributed by atoms with Crippen LogP contribution in [0.4, 0.5) is 13.2 Å². The Morgan fingerprint density at radius 2 is 1.68 bits per heavy atom. The fourth-order valence-electron chi connectivity index (χ4n) is 1.64. The number of aromatic nitrogens is 2. The molecule has 0 aliphatic rings. The summed E-state index contributed by atoms with van der Waals surface area (Å²) in [5, 5.41) is 0. The lowest BCUT2D eigenvalue weighted by Gasteiger charge is -2.08. The van der Waals surface area contributed by atoms with Gasteiger partial charge in [0.25, 0.3) is 11.8 Å². The number of rotatable bonds is 5. The van der Waals surface area contributed by atoms with Gasteiger partial charge in [0.1, 0.15) is 0 Å². The summed E-state index contributed by atoms with van der Waals surface area (Å²) in [5.41, 5.74) is -0.0229. The standard InChI is InChI=1S/C14H13F3N2O2S/c1-20-12-13(21-2)19-10(7-18-12)8-22-11-5-3-9(4-6-11)14(15,16)17/h3-7H,8H2,1-2H3. The molecule has 4 nitrogen and oxygen atoms in total. The van der Waals surface area contributed by atoms with E-state index in [1.165, 1.54) is 38.1 Å². The van der Waals surface area contributed by atoms with Crippen LogP contribution in [0.25, 0.3) is 0 Å². The number of alkyl halides is 3. The molecule has 0 atom stereocenters. The molecule has 1 heterocycles. The van der Waals surface area contributed by atoms with Gasteiger partial charge in [0, 0.05) is 10.6 Å². The van der Waals surface area contributed by atoms with Crippen molar-refractivity contribution in [1.29, 1.82) is 0 Å². The molecule has 0 amide bonds. The van der Waals surface area contributed by atoms with E-state index in [-0.39, 0.29) is 11.8 Å². The maximum absolute atomic E-state index is 12.5. The number of hydrogen-bond acceptors (Lipinski definition) is 5. The molecule has 1 aromatic heterocycles. The Hall–Kier alpha value is -1.96. The van der Waals surface area contributed by atoms with Crippen LogP contribution in [-0.4, -0.2) is 24.2 Å². The van der Waals surface area contributed by atoms with Gasteiger partial charge in [0.15, 0.2) is 0 Å². The van der Waals surface area contributed by atoms with Gasteiger partial charge in [0.05, 0.1) is 31.7 Å². The Balaban J connectivity index is 2.04. The molecule has 0 aliphatic carbocycles. The van der Waals surface area contributed by atoms with E-state index >= 15 is 0 Å². The molecule has 2 aromatic rings. The number of methoxy groups -OCH3 is 2. The van der Waals surface area contributed by atoms with Crippen molar-refractivity contribution in [2.45, 2.75) is 16.8 Å². The second-order valence-electron chi connectivity index (χ2n) is 4.19. The van der Waals surface area contributed by atoms with Gasteiger partial charge in [-0.1, -0.05) is 0 Å². The van der Waals surface area contributed by atoms with Gasteiger partial charge in [-0.25, -0.2) is 9.97 Å². The van der Waals surface area contributed by atoms with Gasteiger partial charge >= 0.3 is 6.18 Å². The molecule has 0 N–H and O–H groups in total. The molecule has 0 unspecified atom stereocenters. The Morgan fingerprint density at radius 3 is 2.23 bits per heavy atom. The lowest BCUT2D eigenvalue weighted by atomic mass is 10.2. The summed E-state index contributed by atoms with van der Waals surface area (Å²) in [6.07, 6.45) is -2.78. The minimum absolute atomic E-state index is 0.271. The second-order valence-corrected chi connectivity index (χ2v) is 5.24. The van der Waals surface area contributed by atoms with Crippen LogP contribution in [0.2, 0.25) is 0 Å². The van der Waals surface area contributed by atoms with Crippen LogP contribution in [0.5, 0.6) is 11.8 Å². The number of halogens is 3. The molecule has 0 radical (unpaired) electrons. The van der Waals surface area contributed by atoms with E-state index < -0.39 is 11.7 Å². The lowest BCUT2D eigenvalue weighted by Crippen LogP contribution is -2.03. The molecule has 0 aliphatic heterocycles. The fraction of sp³-hybridized carbons (Fsp3) is 0.286. The molecule has 0 fully saturated rings. The summed E-state index contributed by atoms with van der Waals surface area (Å²) in [4.78, 5) is 8.99. The van der Waals surface area contributed by atoms with Gasteiger partial charge in [-0.2, -0.15) is 13.2 Å². The highest BCUT2D eigenvalue weighted by molar-refractivity contribution is 7.98. The van der Waals surface area contributed by atoms with Crippen LogP contribution in [0.1, 0.15) is 11.3 Å². The van der Waals surface area contributed by atoms with Gasteiger partial charge in [-0.3, -0.25) is 0 Å². The maximum Gasteiger partial charge on any atom is 0.416 e. The number of ether oxygens (including phenoxy) is 2. The van der Waals surface area contributed by atoms with Gasteiger partial charge < -0.3 is 9.47 Å². The van der Waals surface area contributed by atoms with E-state index in [0.29, 0.717) is 16.3 Å². The van der Waals surface area contributed by atoms with Crippen LogP contribution < -0.4 is 9.47 Å². The molecule has 0 spiro atoms. The zero-order chi connectivity index (χ0) is 16.2. The summed E-state index contributed by atoms with van der Waals surface area (Å²) < 4.78 is 47.5. The topological polar surface area (TPSA) is 44.2 Å². The molecule has 0 bridgehead atoms. The Bertz CT molecular complexity index is 633. The van der Waals surface area contributed by atoms with Crippen molar-refractivity contribution in [2.75, 3.05) is 14.2 Å². The highest BCUT2D eigenvalue weighted by Gasteiger charge is 2.29. The minimum atomic E-state index is -4.32. The summed E-state index contributed by atoms with van der Waals surface area (Å²) in [6, 6.07) is 4.98. The van der Waals surface area contributed by atoms with Crippen molar-refractivity contribution in [1.82, 2.24) is 9.97 Å². The first-order valence-corrected chi connectivity index (χ1v) is 7.16. The van der Waals surface area contributed by atoms with Crippen molar-refractivity contribution in [3.8, 4) is 11.8 Å². The molecule has 2 rings (SSSR count). The monoisotopic (exact) mass is 330 g/mol. The van der Waals surface area contributed by atoms with Crippen molar-refractivity contribution in [3.63, 3.8) is 0 Å². The molecular formula is C14H13F3N2O2S. The highest BCUT2D eigenvalue weighted by atomic mass is 32.2. The molecule has 0 saturated heterocycles. The quantitative estimate of drug-likeness (QED) is 0.780. The molecule has 8 heteroatoms. The molecule has 118 valence electrons. The first-order chi connectivity index (χ1) is 10.4. The zero-order valence-electron chi connectivity index (χ0n) is 11.8.